The van der Waals surface area contributed by atoms with Crippen molar-refractivity contribution in [2.24, 2.45) is 7.05 Å². The molecule has 0 spiro atoms. The van der Waals surface area contributed by atoms with Crippen LogP contribution in [0.2, 0.25) is 0 Å². The van der Waals surface area contributed by atoms with Crippen LogP contribution in [0, 0.1) is 0 Å². The molecular formula is C14H18N4O. The number of amides is 1. The van der Waals surface area contributed by atoms with Crippen LogP contribution in [0.1, 0.15) is 35.8 Å². The summed E-state index contributed by atoms with van der Waals surface area (Å²) < 4.78 is 1.47. The summed E-state index contributed by atoms with van der Waals surface area (Å²) in [6, 6.07) is 7.75. The number of rotatable bonds is 3. The molecule has 0 unspecified atom stereocenters. The monoisotopic (exact) mass is 258 g/mol. The topological polar surface area (TPSA) is 72.9 Å². The van der Waals surface area contributed by atoms with E-state index in [2.05, 4.69) is 24.3 Å². The number of carbonyl (C=O) groups excluding carboxylic acids is 1. The fourth-order valence-electron chi connectivity index (χ4n) is 2.03. The van der Waals surface area contributed by atoms with Gasteiger partial charge in [0, 0.05) is 12.7 Å². The zero-order valence-electron chi connectivity index (χ0n) is 11.3. The number of hydrogen-bond acceptors (Lipinski definition) is 3. The third-order valence-electron chi connectivity index (χ3n) is 3.01. The number of nitrogens with zero attached hydrogens (tertiary/aromatic N) is 2. The average Bonchev–Trinajstić information content (AvgIpc) is 2.69. The van der Waals surface area contributed by atoms with Gasteiger partial charge < -0.3 is 11.1 Å². The van der Waals surface area contributed by atoms with Crippen LogP contribution in [-0.2, 0) is 7.05 Å². The number of benzene rings is 1. The molecule has 0 saturated heterocycles. The van der Waals surface area contributed by atoms with Crippen molar-refractivity contribution < 1.29 is 4.79 Å². The Balaban J connectivity index is 2.30. The highest BCUT2D eigenvalue weighted by Gasteiger charge is 2.16. The highest BCUT2D eigenvalue weighted by atomic mass is 16.2. The Kier molecular flexibility index (Phi) is 3.55. The van der Waals surface area contributed by atoms with E-state index in [0.29, 0.717) is 17.3 Å². The minimum absolute atomic E-state index is 0.245. The minimum atomic E-state index is -0.245. The zero-order chi connectivity index (χ0) is 14.0. The Hall–Kier alpha value is -2.30. The molecular weight excluding hydrogens is 240 g/mol. The van der Waals surface area contributed by atoms with Crippen molar-refractivity contribution in [3.05, 3.63) is 41.7 Å². The average molecular weight is 258 g/mol. The van der Waals surface area contributed by atoms with Gasteiger partial charge in [0.05, 0.1) is 11.9 Å². The summed E-state index contributed by atoms with van der Waals surface area (Å²) in [6.45, 7) is 4.17. The maximum Gasteiger partial charge on any atom is 0.276 e. The third kappa shape index (κ3) is 2.59. The number of carbonyl (C=O) groups is 1. The predicted octanol–water partition coefficient (Wildman–Crippen LogP) is 2.38. The van der Waals surface area contributed by atoms with E-state index in [9.17, 15) is 4.79 Å². The largest absolute Gasteiger partial charge is 0.396 e. The zero-order valence-corrected chi connectivity index (χ0v) is 11.3. The van der Waals surface area contributed by atoms with Gasteiger partial charge in [-0.15, -0.1) is 0 Å². The number of nitrogen functional groups attached to an aromatic ring is 1. The number of anilines is 2. The molecule has 0 fully saturated rings. The quantitative estimate of drug-likeness (QED) is 0.887. The van der Waals surface area contributed by atoms with Crippen LogP contribution < -0.4 is 11.1 Å². The third-order valence-corrected chi connectivity index (χ3v) is 3.01. The summed E-state index contributed by atoms with van der Waals surface area (Å²) in [5.74, 6) is 0.0889. The van der Waals surface area contributed by atoms with Crippen LogP contribution in [0.25, 0.3) is 0 Å². The molecule has 0 saturated carbocycles. The maximum absolute atomic E-state index is 12.2. The molecule has 0 radical (unpaired) electrons. The molecule has 0 atom stereocenters. The van der Waals surface area contributed by atoms with Crippen molar-refractivity contribution in [2.75, 3.05) is 11.1 Å². The number of hydrogen-bond donors (Lipinski definition) is 2. The molecule has 5 heteroatoms. The Morgan fingerprint density at radius 2 is 2.05 bits per heavy atom. The van der Waals surface area contributed by atoms with E-state index in [-0.39, 0.29) is 5.91 Å². The van der Waals surface area contributed by atoms with E-state index < -0.39 is 0 Å². The van der Waals surface area contributed by atoms with Crippen LogP contribution in [-0.4, -0.2) is 15.7 Å². The Morgan fingerprint density at radius 3 is 2.63 bits per heavy atom. The van der Waals surface area contributed by atoms with Crippen LogP contribution >= 0.6 is 0 Å². The van der Waals surface area contributed by atoms with E-state index in [4.69, 9.17) is 5.73 Å². The van der Waals surface area contributed by atoms with Crippen LogP contribution in [0.4, 0.5) is 11.4 Å². The maximum atomic E-state index is 12.2. The molecule has 1 amide bonds. The summed E-state index contributed by atoms with van der Waals surface area (Å²) in [7, 11) is 1.69. The van der Waals surface area contributed by atoms with Crippen LogP contribution in [0.15, 0.2) is 30.5 Å². The van der Waals surface area contributed by atoms with Gasteiger partial charge in [-0.2, -0.15) is 5.10 Å². The van der Waals surface area contributed by atoms with Crippen molar-refractivity contribution >= 4 is 17.3 Å². The SMILES string of the molecule is CC(C)c1ccccc1NC(=O)c1c(N)cnn1C. The van der Waals surface area contributed by atoms with Gasteiger partial charge in [-0.3, -0.25) is 9.48 Å². The first-order valence-corrected chi connectivity index (χ1v) is 6.18. The van der Waals surface area contributed by atoms with Gasteiger partial charge >= 0.3 is 0 Å². The fourth-order valence-corrected chi connectivity index (χ4v) is 2.03. The lowest BCUT2D eigenvalue weighted by Crippen LogP contribution is -2.18. The summed E-state index contributed by atoms with van der Waals surface area (Å²) in [6.07, 6.45) is 1.48. The fraction of sp³-hybridized carbons (Fsp3) is 0.286. The second-order valence-electron chi connectivity index (χ2n) is 4.77. The molecule has 0 bridgehead atoms. The molecule has 0 aliphatic carbocycles. The van der Waals surface area contributed by atoms with Gasteiger partial charge in [-0.25, -0.2) is 0 Å². The number of aryl methyl sites for hydroxylation is 1. The molecule has 1 aromatic carbocycles. The van der Waals surface area contributed by atoms with E-state index in [1.807, 2.05) is 24.3 Å². The molecule has 3 N–H and O–H groups in total. The van der Waals surface area contributed by atoms with Gasteiger partial charge in [0.25, 0.3) is 5.91 Å². The molecule has 1 aromatic heterocycles. The smallest absolute Gasteiger partial charge is 0.276 e. The van der Waals surface area contributed by atoms with Crippen molar-refractivity contribution in [3.8, 4) is 0 Å². The first-order chi connectivity index (χ1) is 9.00. The predicted molar refractivity (Wildman–Crippen MR) is 76.1 cm³/mol. The molecule has 1 heterocycles. The first-order valence-electron chi connectivity index (χ1n) is 6.18. The van der Waals surface area contributed by atoms with E-state index in [1.54, 1.807) is 7.05 Å². The Morgan fingerprint density at radius 1 is 1.37 bits per heavy atom. The lowest BCUT2D eigenvalue weighted by Gasteiger charge is -2.13. The van der Waals surface area contributed by atoms with Gasteiger partial charge in [-0.1, -0.05) is 32.0 Å². The van der Waals surface area contributed by atoms with Crippen molar-refractivity contribution in [1.29, 1.82) is 0 Å². The molecule has 5 nitrogen and oxygen atoms in total. The van der Waals surface area contributed by atoms with E-state index >= 15 is 0 Å². The number of nitrogens with two attached hydrogens (primary N) is 1. The minimum Gasteiger partial charge on any atom is -0.396 e. The van der Waals surface area contributed by atoms with Crippen LogP contribution in [0.3, 0.4) is 0 Å². The molecule has 0 aliphatic heterocycles. The summed E-state index contributed by atoms with van der Waals surface area (Å²) in [4.78, 5) is 12.2. The highest BCUT2D eigenvalue weighted by Crippen LogP contribution is 2.24. The number of aromatic nitrogens is 2. The molecule has 100 valence electrons. The normalized spacial score (nSPS) is 10.7. The second kappa shape index (κ2) is 5.14. The second-order valence-corrected chi connectivity index (χ2v) is 4.77. The standard InChI is InChI=1S/C14H18N4O/c1-9(2)10-6-4-5-7-12(10)17-14(19)13-11(15)8-16-18(13)3/h4-9H,15H2,1-3H3,(H,17,19). The lowest BCUT2D eigenvalue weighted by molar-refractivity contribution is 0.101. The number of para-hydroxylation sites is 1. The van der Waals surface area contributed by atoms with Gasteiger partial charge in [0.2, 0.25) is 0 Å². The van der Waals surface area contributed by atoms with Crippen molar-refractivity contribution in [1.82, 2.24) is 9.78 Å². The Bertz CT molecular complexity index is 582. The van der Waals surface area contributed by atoms with Gasteiger partial charge in [0.15, 0.2) is 0 Å². The Labute approximate surface area is 112 Å². The van der Waals surface area contributed by atoms with Gasteiger partial charge in [0.1, 0.15) is 5.69 Å². The lowest BCUT2D eigenvalue weighted by atomic mass is 10.0. The molecule has 2 rings (SSSR count). The van der Waals surface area contributed by atoms with E-state index in [1.165, 1.54) is 10.9 Å². The van der Waals surface area contributed by atoms with Gasteiger partial charge in [-0.05, 0) is 17.5 Å². The molecule has 2 aromatic rings. The highest BCUT2D eigenvalue weighted by molar-refractivity contribution is 6.06. The first kappa shape index (κ1) is 13.1. The van der Waals surface area contributed by atoms with Crippen molar-refractivity contribution in [3.63, 3.8) is 0 Å². The van der Waals surface area contributed by atoms with Crippen LogP contribution in [0.5, 0.6) is 0 Å². The summed E-state index contributed by atoms with van der Waals surface area (Å²) in [5.41, 5.74) is 8.40. The molecule has 0 aliphatic rings. The number of nitrogens with one attached hydrogen (secondary N) is 1. The molecule has 19 heavy (non-hydrogen) atoms. The van der Waals surface area contributed by atoms with E-state index in [0.717, 1.165) is 11.3 Å². The van der Waals surface area contributed by atoms with Crippen molar-refractivity contribution in [2.45, 2.75) is 19.8 Å². The summed E-state index contributed by atoms with van der Waals surface area (Å²) >= 11 is 0. The summed E-state index contributed by atoms with van der Waals surface area (Å²) in [5, 5.41) is 6.86.